The van der Waals surface area contributed by atoms with Gasteiger partial charge in [-0.05, 0) is 43.0 Å². The molecule has 0 bridgehead atoms. The number of amides is 1. The van der Waals surface area contributed by atoms with Crippen molar-refractivity contribution in [2.24, 2.45) is 10.9 Å². The molecule has 29 heavy (non-hydrogen) atoms. The molecule has 1 aliphatic carbocycles. The van der Waals surface area contributed by atoms with Gasteiger partial charge >= 0.3 is 0 Å². The second-order valence-electron chi connectivity index (χ2n) is 7.22. The van der Waals surface area contributed by atoms with Gasteiger partial charge in [-0.2, -0.15) is 0 Å². The van der Waals surface area contributed by atoms with E-state index in [2.05, 4.69) is 31.7 Å². The number of benzene rings is 2. The molecule has 152 valence electrons. The first-order chi connectivity index (χ1) is 13.9. The van der Waals surface area contributed by atoms with E-state index in [0.29, 0.717) is 35.3 Å². The Morgan fingerprint density at radius 1 is 1.41 bits per heavy atom. The van der Waals surface area contributed by atoms with Crippen LogP contribution in [0, 0.1) is 11.7 Å². The predicted octanol–water partition coefficient (Wildman–Crippen LogP) is 5.16. The van der Waals surface area contributed by atoms with Crippen molar-refractivity contribution in [3.05, 3.63) is 50.7 Å². The van der Waals surface area contributed by atoms with E-state index in [1.54, 1.807) is 30.6 Å². The monoisotopic (exact) mass is 480 g/mol. The van der Waals surface area contributed by atoms with Crippen molar-refractivity contribution in [1.82, 2.24) is 10.4 Å². The van der Waals surface area contributed by atoms with Crippen LogP contribution in [0.1, 0.15) is 28.8 Å². The number of nitrogens with zero attached hydrogens (tertiary/aromatic N) is 2. The average Bonchev–Trinajstić information content (AvgIpc) is 3.49. The zero-order valence-electron chi connectivity index (χ0n) is 15.6. The Bertz CT molecular complexity index is 997. The summed E-state index contributed by atoms with van der Waals surface area (Å²) in [5.41, 5.74) is 3.85. The largest absolute Gasteiger partial charge is 0.361 e. The molecule has 1 amide bonds. The van der Waals surface area contributed by atoms with Crippen LogP contribution in [0.3, 0.4) is 0 Å². The lowest BCUT2D eigenvalue weighted by Gasteiger charge is -2.23. The molecule has 0 aromatic heterocycles. The van der Waals surface area contributed by atoms with E-state index < -0.39 is 11.7 Å². The van der Waals surface area contributed by atoms with Crippen LogP contribution in [-0.4, -0.2) is 30.8 Å². The van der Waals surface area contributed by atoms with Crippen molar-refractivity contribution in [2.45, 2.75) is 19.4 Å². The fraction of sp³-hybridized carbons (Fsp3) is 0.300. The molecule has 0 atom stereocenters. The molecule has 2 N–H and O–H groups in total. The highest BCUT2D eigenvalue weighted by Gasteiger charge is 2.26. The van der Waals surface area contributed by atoms with Gasteiger partial charge < -0.3 is 10.2 Å². The predicted molar refractivity (Wildman–Crippen MR) is 115 cm³/mol. The number of rotatable bonds is 6. The van der Waals surface area contributed by atoms with Crippen LogP contribution in [-0.2, 0) is 11.4 Å². The number of hydrogen-bond acceptors (Lipinski definition) is 5. The van der Waals surface area contributed by atoms with Gasteiger partial charge in [0.2, 0.25) is 0 Å². The van der Waals surface area contributed by atoms with Crippen molar-refractivity contribution in [3.8, 4) is 0 Å². The molecule has 0 unspecified atom stereocenters. The van der Waals surface area contributed by atoms with Crippen molar-refractivity contribution in [3.63, 3.8) is 0 Å². The lowest BCUT2D eigenvalue weighted by Crippen LogP contribution is -2.27. The molecule has 2 aliphatic rings. The van der Waals surface area contributed by atoms with Crippen molar-refractivity contribution in [2.75, 3.05) is 19.0 Å². The first kappa shape index (κ1) is 20.1. The van der Waals surface area contributed by atoms with Gasteiger partial charge in [0.05, 0.1) is 34.9 Å². The highest BCUT2D eigenvalue weighted by atomic mass is 79.9. The molecule has 4 rings (SSSR count). The topological polar surface area (TPSA) is 66.0 Å². The van der Waals surface area contributed by atoms with E-state index in [1.807, 2.05) is 11.9 Å². The summed E-state index contributed by atoms with van der Waals surface area (Å²) in [6, 6.07) is 6.80. The Balaban J connectivity index is 1.70. The van der Waals surface area contributed by atoms with Crippen molar-refractivity contribution >= 4 is 56.8 Å². The molecule has 6 nitrogen and oxygen atoms in total. The normalized spacial score (nSPS) is 15.2. The molecule has 1 heterocycles. The third kappa shape index (κ3) is 4.55. The van der Waals surface area contributed by atoms with E-state index in [4.69, 9.17) is 16.4 Å². The highest BCUT2D eigenvalue weighted by molar-refractivity contribution is 9.10. The number of anilines is 2. The maximum absolute atomic E-state index is 15.4. The third-order valence-corrected chi connectivity index (χ3v) is 5.55. The molecular weight excluding hydrogens is 463 g/mol. The maximum atomic E-state index is 15.4. The number of halogens is 3. The molecule has 0 saturated heterocycles. The van der Waals surface area contributed by atoms with Crippen LogP contribution in [0.25, 0.3) is 0 Å². The van der Waals surface area contributed by atoms with Gasteiger partial charge in [-0.25, -0.2) is 14.9 Å². The summed E-state index contributed by atoms with van der Waals surface area (Å²) < 4.78 is 16.2. The van der Waals surface area contributed by atoms with Gasteiger partial charge in [-0.1, -0.05) is 27.5 Å². The van der Waals surface area contributed by atoms with Crippen LogP contribution in [0.5, 0.6) is 0 Å². The van der Waals surface area contributed by atoms with Gasteiger partial charge in [0.15, 0.2) is 5.82 Å². The number of carbonyl (C=O) groups is 1. The fourth-order valence-corrected chi connectivity index (χ4v) is 3.73. The quantitative estimate of drug-likeness (QED) is 0.559. The maximum Gasteiger partial charge on any atom is 0.277 e. The summed E-state index contributed by atoms with van der Waals surface area (Å²) in [5, 5.41) is 3.34. The van der Waals surface area contributed by atoms with E-state index in [-0.39, 0.29) is 16.9 Å². The van der Waals surface area contributed by atoms with Crippen LogP contribution in [0.15, 0.2) is 33.7 Å². The summed E-state index contributed by atoms with van der Waals surface area (Å²) in [4.78, 5) is 24.1. The van der Waals surface area contributed by atoms with Crippen LogP contribution < -0.4 is 10.8 Å². The molecule has 2 aromatic carbocycles. The number of hydroxylamine groups is 1. The Morgan fingerprint density at radius 3 is 2.93 bits per heavy atom. The standard InChI is InChI=1S/C20H19BrClFN4O2/c1-27-8-12-6-14(20(28)26-29-9-11-2-3-11)19(17(23)18(12)24-10-27)25-16-5-4-13(21)7-15(16)22/h4-7,10-11,25H,2-3,8-9H2,1H3,(H,26,28). The Labute approximate surface area is 181 Å². The number of carbonyl (C=O) groups excluding carboxylic acids is 1. The highest BCUT2D eigenvalue weighted by Crippen LogP contribution is 2.38. The van der Waals surface area contributed by atoms with Crippen LogP contribution in [0.2, 0.25) is 5.02 Å². The van der Waals surface area contributed by atoms with Gasteiger partial charge in [0, 0.05) is 23.6 Å². The average molecular weight is 482 g/mol. The summed E-state index contributed by atoms with van der Waals surface area (Å²) in [6.07, 6.45) is 3.76. The smallest absolute Gasteiger partial charge is 0.277 e. The molecule has 1 aliphatic heterocycles. The Hall–Kier alpha value is -2.16. The zero-order chi connectivity index (χ0) is 20.5. The number of hydrogen-bond donors (Lipinski definition) is 2. The molecule has 0 spiro atoms. The number of nitrogens with one attached hydrogen (secondary N) is 2. The van der Waals surface area contributed by atoms with E-state index in [1.165, 1.54) is 0 Å². The number of fused-ring (bicyclic) bond motifs is 1. The van der Waals surface area contributed by atoms with Crippen molar-refractivity contribution in [1.29, 1.82) is 0 Å². The molecule has 1 saturated carbocycles. The Morgan fingerprint density at radius 2 is 2.21 bits per heavy atom. The molecule has 1 fully saturated rings. The molecule has 0 radical (unpaired) electrons. The molecule has 9 heteroatoms. The van der Waals surface area contributed by atoms with Gasteiger partial charge in [-0.15, -0.1) is 0 Å². The van der Waals surface area contributed by atoms with E-state index >= 15 is 4.39 Å². The minimum atomic E-state index is -0.613. The number of aliphatic imine (C=N–C) groups is 1. The first-order valence-corrected chi connectivity index (χ1v) is 10.3. The van der Waals surface area contributed by atoms with Gasteiger partial charge in [0.25, 0.3) is 5.91 Å². The second-order valence-corrected chi connectivity index (χ2v) is 8.54. The zero-order valence-corrected chi connectivity index (χ0v) is 18.0. The van der Waals surface area contributed by atoms with Crippen LogP contribution >= 0.6 is 27.5 Å². The fourth-order valence-electron chi connectivity index (χ4n) is 3.01. The summed E-state index contributed by atoms with van der Waals surface area (Å²) in [5.74, 6) is -0.656. The van der Waals surface area contributed by atoms with Crippen molar-refractivity contribution < 1.29 is 14.0 Å². The van der Waals surface area contributed by atoms with E-state index in [0.717, 1.165) is 17.3 Å². The van der Waals surface area contributed by atoms with Crippen LogP contribution in [0.4, 0.5) is 21.5 Å². The second kappa shape index (κ2) is 8.30. The molecular formula is C20H19BrClFN4O2. The summed E-state index contributed by atoms with van der Waals surface area (Å²) >= 11 is 9.62. The lowest BCUT2D eigenvalue weighted by atomic mass is 10.0. The summed E-state index contributed by atoms with van der Waals surface area (Å²) in [6.45, 7) is 0.895. The van der Waals surface area contributed by atoms with Gasteiger partial charge in [0.1, 0.15) is 5.69 Å². The third-order valence-electron chi connectivity index (χ3n) is 4.74. The molecule has 2 aromatic rings. The van der Waals surface area contributed by atoms with E-state index in [9.17, 15) is 4.79 Å². The van der Waals surface area contributed by atoms with Gasteiger partial charge in [-0.3, -0.25) is 9.63 Å². The minimum Gasteiger partial charge on any atom is -0.361 e. The summed E-state index contributed by atoms with van der Waals surface area (Å²) in [7, 11) is 1.83. The Kier molecular flexibility index (Phi) is 5.76. The SMILES string of the molecule is CN1C=Nc2c(cc(C(=O)NOCC3CC3)c(Nc3ccc(Br)cc3Cl)c2F)C1. The first-order valence-electron chi connectivity index (χ1n) is 9.16. The lowest BCUT2D eigenvalue weighted by molar-refractivity contribution is 0.0270. The minimum absolute atomic E-state index is 0.00203.